The van der Waals surface area contributed by atoms with Gasteiger partial charge >= 0.3 is 0 Å². The summed E-state index contributed by atoms with van der Waals surface area (Å²) in [5.74, 6) is 1.78. The van der Waals surface area contributed by atoms with Crippen molar-refractivity contribution in [1.29, 1.82) is 0 Å². The monoisotopic (exact) mass is 197 g/mol. The second kappa shape index (κ2) is 3.84. The maximum atomic E-state index is 3.40. The quantitative estimate of drug-likeness (QED) is 0.716. The van der Waals surface area contributed by atoms with E-state index in [1.54, 1.807) is 0 Å². The predicted octanol–water partition coefficient (Wildman–Crippen LogP) is 3.30. The number of rotatable bonds is 2. The van der Waals surface area contributed by atoms with E-state index in [-0.39, 0.29) is 0 Å². The summed E-state index contributed by atoms with van der Waals surface area (Å²) < 4.78 is 0. The summed E-state index contributed by atoms with van der Waals surface area (Å²) in [6, 6.07) is 0. The van der Waals surface area contributed by atoms with Crippen LogP contribution < -0.4 is 5.32 Å². The molecular weight excluding hydrogens is 170 g/mol. The minimum atomic E-state index is 0.458. The third kappa shape index (κ3) is 3.27. The number of hydrogen-bond donors (Lipinski definition) is 1. The molecule has 1 saturated heterocycles. The summed E-state index contributed by atoms with van der Waals surface area (Å²) in [6.45, 7) is 16.7. The summed E-state index contributed by atoms with van der Waals surface area (Å²) in [5, 5.41) is 3.40. The maximum absolute atomic E-state index is 3.40. The van der Waals surface area contributed by atoms with E-state index in [0.717, 1.165) is 11.8 Å². The van der Waals surface area contributed by atoms with E-state index in [2.05, 4.69) is 46.9 Å². The molecule has 1 nitrogen and oxygen atoms in total. The molecule has 1 aliphatic heterocycles. The Morgan fingerprint density at radius 2 is 1.57 bits per heavy atom. The molecule has 1 N–H and O–H groups in total. The van der Waals surface area contributed by atoms with Crippen molar-refractivity contribution < 1.29 is 0 Å². The molecule has 14 heavy (non-hydrogen) atoms. The molecule has 0 unspecified atom stereocenters. The molecule has 1 heteroatoms. The van der Waals surface area contributed by atoms with Gasteiger partial charge in [-0.2, -0.15) is 0 Å². The Kier molecular flexibility index (Phi) is 3.30. The van der Waals surface area contributed by atoms with E-state index >= 15 is 0 Å². The van der Waals surface area contributed by atoms with E-state index in [1.807, 2.05) is 0 Å². The summed E-state index contributed by atoms with van der Waals surface area (Å²) in [5.41, 5.74) is 0.924. The Morgan fingerprint density at radius 1 is 1.07 bits per heavy atom. The fourth-order valence-corrected chi connectivity index (χ4v) is 2.44. The Morgan fingerprint density at radius 3 is 1.79 bits per heavy atom. The molecular formula is C13H27N. The third-order valence-corrected chi connectivity index (χ3v) is 3.33. The van der Waals surface area contributed by atoms with Crippen LogP contribution >= 0.6 is 0 Å². The first kappa shape index (κ1) is 12.0. The molecule has 1 heterocycles. The minimum absolute atomic E-state index is 0.458. The largest absolute Gasteiger partial charge is 0.316 e. The van der Waals surface area contributed by atoms with Crippen LogP contribution in [-0.4, -0.2) is 13.1 Å². The van der Waals surface area contributed by atoms with Gasteiger partial charge in [-0.3, -0.25) is 0 Å². The lowest BCUT2D eigenvalue weighted by Gasteiger charge is -2.45. The lowest BCUT2D eigenvalue weighted by Crippen LogP contribution is -2.50. The van der Waals surface area contributed by atoms with Crippen molar-refractivity contribution in [1.82, 2.24) is 5.32 Å². The van der Waals surface area contributed by atoms with Gasteiger partial charge in [0.15, 0.2) is 0 Å². The molecule has 0 aromatic rings. The molecule has 1 aliphatic rings. The van der Waals surface area contributed by atoms with Crippen molar-refractivity contribution in [3.63, 3.8) is 0 Å². The molecule has 1 atom stereocenters. The molecule has 1 rings (SSSR count). The van der Waals surface area contributed by atoms with Crippen molar-refractivity contribution >= 4 is 0 Å². The summed E-state index contributed by atoms with van der Waals surface area (Å²) in [4.78, 5) is 0. The molecule has 1 fully saturated rings. The normalized spacial score (nSPS) is 21.9. The Balaban J connectivity index is 2.62. The van der Waals surface area contributed by atoms with Crippen LogP contribution in [-0.2, 0) is 0 Å². The highest BCUT2D eigenvalue weighted by Crippen LogP contribution is 2.41. The zero-order valence-corrected chi connectivity index (χ0v) is 10.8. The van der Waals surface area contributed by atoms with Crippen molar-refractivity contribution in [2.45, 2.75) is 48.0 Å². The van der Waals surface area contributed by atoms with Crippen LogP contribution in [0.3, 0.4) is 0 Å². The molecule has 0 bridgehead atoms. The van der Waals surface area contributed by atoms with E-state index in [4.69, 9.17) is 0 Å². The van der Waals surface area contributed by atoms with Crippen LogP contribution in [0.15, 0.2) is 0 Å². The van der Waals surface area contributed by atoms with Gasteiger partial charge in [0, 0.05) is 0 Å². The fraction of sp³-hybridized carbons (Fsp3) is 1.00. The third-order valence-electron chi connectivity index (χ3n) is 3.33. The average Bonchev–Trinajstić information content (AvgIpc) is 1.76. The van der Waals surface area contributed by atoms with Crippen LogP contribution in [0.2, 0.25) is 0 Å². The van der Waals surface area contributed by atoms with Crippen molar-refractivity contribution in [2.24, 2.45) is 22.7 Å². The highest BCUT2D eigenvalue weighted by Gasteiger charge is 2.37. The van der Waals surface area contributed by atoms with Crippen LogP contribution in [0.25, 0.3) is 0 Å². The second-order valence-corrected chi connectivity index (χ2v) is 7.16. The van der Waals surface area contributed by atoms with Crippen LogP contribution in [0.5, 0.6) is 0 Å². The number of nitrogens with one attached hydrogen (secondary N) is 1. The molecule has 0 amide bonds. The summed E-state index contributed by atoms with van der Waals surface area (Å²) in [6.07, 6.45) is 1.35. The molecule has 0 radical (unpaired) electrons. The van der Waals surface area contributed by atoms with E-state index < -0.39 is 0 Å². The first-order valence-corrected chi connectivity index (χ1v) is 5.91. The van der Waals surface area contributed by atoms with Gasteiger partial charge in [-0.15, -0.1) is 0 Å². The zero-order chi connectivity index (χ0) is 11.0. The Bertz CT molecular complexity index is 178. The predicted molar refractivity (Wildman–Crippen MR) is 63.4 cm³/mol. The van der Waals surface area contributed by atoms with Gasteiger partial charge in [0.05, 0.1) is 0 Å². The minimum Gasteiger partial charge on any atom is -0.316 e. The fourth-order valence-electron chi connectivity index (χ4n) is 2.44. The van der Waals surface area contributed by atoms with E-state index in [0.29, 0.717) is 10.8 Å². The standard InChI is InChI=1S/C13H27N/c1-12(2,3)7-11(13(4,5)6)10-8-14-9-10/h10-11,14H,7-9H2,1-6H3/t11-/m1/s1. The van der Waals surface area contributed by atoms with Gasteiger partial charge in [0.25, 0.3) is 0 Å². The molecule has 0 aromatic heterocycles. The average molecular weight is 197 g/mol. The van der Waals surface area contributed by atoms with Crippen molar-refractivity contribution in [3.05, 3.63) is 0 Å². The van der Waals surface area contributed by atoms with E-state index in [9.17, 15) is 0 Å². The first-order chi connectivity index (χ1) is 6.20. The molecule has 0 spiro atoms. The topological polar surface area (TPSA) is 12.0 Å². The van der Waals surface area contributed by atoms with Crippen LogP contribution in [0.4, 0.5) is 0 Å². The van der Waals surface area contributed by atoms with Gasteiger partial charge in [-0.05, 0) is 42.2 Å². The first-order valence-electron chi connectivity index (χ1n) is 5.91. The lowest BCUT2D eigenvalue weighted by atomic mass is 9.65. The number of hydrogen-bond acceptors (Lipinski definition) is 1. The van der Waals surface area contributed by atoms with Gasteiger partial charge in [0.1, 0.15) is 0 Å². The highest BCUT2D eigenvalue weighted by molar-refractivity contribution is 4.90. The maximum Gasteiger partial charge on any atom is -0.000539 e. The lowest BCUT2D eigenvalue weighted by molar-refractivity contribution is 0.0724. The summed E-state index contributed by atoms with van der Waals surface area (Å²) in [7, 11) is 0. The van der Waals surface area contributed by atoms with E-state index in [1.165, 1.54) is 19.5 Å². The van der Waals surface area contributed by atoms with Crippen LogP contribution in [0.1, 0.15) is 48.0 Å². The summed E-state index contributed by atoms with van der Waals surface area (Å²) >= 11 is 0. The van der Waals surface area contributed by atoms with Gasteiger partial charge < -0.3 is 5.32 Å². The highest BCUT2D eigenvalue weighted by atomic mass is 15.0. The Hall–Kier alpha value is -0.0400. The smallest absolute Gasteiger partial charge is 0.000539 e. The van der Waals surface area contributed by atoms with Crippen molar-refractivity contribution in [3.8, 4) is 0 Å². The molecule has 0 saturated carbocycles. The zero-order valence-electron chi connectivity index (χ0n) is 10.8. The SMILES string of the molecule is CC(C)(C)C[C@H](C1CNC1)C(C)(C)C. The van der Waals surface area contributed by atoms with Crippen molar-refractivity contribution in [2.75, 3.05) is 13.1 Å². The van der Waals surface area contributed by atoms with Gasteiger partial charge in [-0.25, -0.2) is 0 Å². The Labute approximate surface area is 89.7 Å². The molecule has 84 valence electrons. The van der Waals surface area contributed by atoms with Gasteiger partial charge in [-0.1, -0.05) is 41.5 Å². The molecule has 0 aliphatic carbocycles. The van der Waals surface area contributed by atoms with Crippen LogP contribution in [0, 0.1) is 22.7 Å². The molecule has 0 aromatic carbocycles. The van der Waals surface area contributed by atoms with Gasteiger partial charge in [0.2, 0.25) is 0 Å². The second-order valence-electron chi connectivity index (χ2n) is 7.16.